The molecule has 2 N–H and O–H groups in total. The number of nitrogens with one attached hydrogen (secondary N) is 2. The van der Waals surface area contributed by atoms with Crippen LogP contribution in [-0.4, -0.2) is 21.9 Å². The normalized spacial score (nSPS) is 11.5. The molecule has 2 rings (SSSR count). The third kappa shape index (κ3) is 3.92. The lowest BCUT2D eigenvalue weighted by Crippen LogP contribution is -2.32. The first kappa shape index (κ1) is 15.7. The Balaban J connectivity index is 2.04. The molecular weight excluding hydrogens is 308 g/mol. The van der Waals surface area contributed by atoms with Crippen LogP contribution in [-0.2, 0) is 4.79 Å². The van der Waals surface area contributed by atoms with Gasteiger partial charge in [0.15, 0.2) is 5.15 Å². The summed E-state index contributed by atoms with van der Waals surface area (Å²) in [6.07, 6.45) is 1.52. The number of carbonyl (C=O) groups is 1. The summed E-state index contributed by atoms with van der Waals surface area (Å²) in [5.74, 6) is -0.332. The average Bonchev–Trinajstić information content (AvgIpc) is 2.49. The second-order valence-electron chi connectivity index (χ2n) is 4.50. The van der Waals surface area contributed by atoms with Crippen molar-refractivity contribution in [3.8, 4) is 0 Å². The Bertz CT molecular complexity index is 708. The number of carbonyl (C=O) groups excluding carboxylic acids is 1. The van der Waals surface area contributed by atoms with Crippen molar-refractivity contribution in [2.45, 2.75) is 13.0 Å². The fourth-order valence-corrected chi connectivity index (χ4v) is 1.91. The molecule has 0 bridgehead atoms. The van der Waals surface area contributed by atoms with Crippen LogP contribution >= 0.6 is 11.6 Å². The molecule has 0 aliphatic rings. The molecule has 1 aromatic carbocycles. The van der Waals surface area contributed by atoms with E-state index in [-0.39, 0.29) is 16.7 Å². The summed E-state index contributed by atoms with van der Waals surface area (Å²) in [6, 6.07) is 8.61. The number of hydrogen-bond donors (Lipinski definition) is 2. The van der Waals surface area contributed by atoms with Crippen molar-refractivity contribution in [2.24, 2.45) is 0 Å². The fourth-order valence-electron chi connectivity index (χ4n) is 1.75. The zero-order chi connectivity index (χ0) is 16.1. The molecular formula is C14H13ClN4O3. The molecule has 1 atom stereocenters. The quantitative estimate of drug-likeness (QED) is 0.501. The van der Waals surface area contributed by atoms with Crippen molar-refractivity contribution in [2.75, 3.05) is 10.6 Å². The van der Waals surface area contributed by atoms with Crippen molar-refractivity contribution in [1.29, 1.82) is 0 Å². The predicted octanol–water partition coefficient (Wildman–Crippen LogP) is 3.08. The lowest BCUT2D eigenvalue weighted by atomic mass is 10.2. The maximum absolute atomic E-state index is 12.1. The van der Waals surface area contributed by atoms with Crippen LogP contribution in [0.2, 0.25) is 5.15 Å². The van der Waals surface area contributed by atoms with Crippen LogP contribution in [0.25, 0.3) is 0 Å². The van der Waals surface area contributed by atoms with Crippen LogP contribution < -0.4 is 10.6 Å². The van der Waals surface area contributed by atoms with Crippen LogP contribution in [0.15, 0.2) is 42.6 Å². The number of hydrogen-bond acceptors (Lipinski definition) is 5. The first-order valence-electron chi connectivity index (χ1n) is 6.40. The molecule has 0 saturated carbocycles. The average molecular weight is 321 g/mol. The number of anilines is 2. The SMILES string of the molecule is C[C@H](Nc1cccc([N+](=O)[O-])c1)C(=O)Nc1cccnc1Cl. The number of nitro groups is 1. The highest BCUT2D eigenvalue weighted by atomic mass is 35.5. The molecule has 2 aromatic rings. The molecule has 1 amide bonds. The zero-order valence-corrected chi connectivity index (χ0v) is 12.4. The van der Waals surface area contributed by atoms with Gasteiger partial charge in [-0.2, -0.15) is 0 Å². The van der Waals surface area contributed by atoms with Gasteiger partial charge in [-0.05, 0) is 25.1 Å². The molecule has 0 aliphatic heterocycles. The third-order valence-electron chi connectivity index (χ3n) is 2.85. The van der Waals surface area contributed by atoms with Gasteiger partial charge in [-0.1, -0.05) is 17.7 Å². The van der Waals surface area contributed by atoms with E-state index in [2.05, 4.69) is 15.6 Å². The maximum atomic E-state index is 12.1. The Morgan fingerprint density at radius 2 is 2.14 bits per heavy atom. The summed E-state index contributed by atoms with van der Waals surface area (Å²) >= 11 is 5.87. The molecule has 0 fully saturated rings. The summed E-state index contributed by atoms with van der Waals surface area (Å²) in [5.41, 5.74) is 0.837. The fraction of sp³-hybridized carbons (Fsp3) is 0.143. The minimum Gasteiger partial charge on any atom is -0.374 e. The number of rotatable bonds is 5. The molecule has 0 spiro atoms. The largest absolute Gasteiger partial charge is 0.374 e. The number of amides is 1. The Kier molecular flexibility index (Phi) is 4.90. The molecule has 22 heavy (non-hydrogen) atoms. The molecule has 8 heteroatoms. The van der Waals surface area contributed by atoms with E-state index in [9.17, 15) is 14.9 Å². The maximum Gasteiger partial charge on any atom is 0.271 e. The van der Waals surface area contributed by atoms with Crippen LogP contribution in [0, 0.1) is 10.1 Å². The summed E-state index contributed by atoms with van der Waals surface area (Å²) in [5, 5.41) is 16.5. The van der Waals surface area contributed by atoms with E-state index in [1.54, 1.807) is 31.2 Å². The van der Waals surface area contributed by atoms with E-state index in [1.807, 2.05) is 0 Å². The molecule has 0 aliphatic carbocycles. The van der Waals surface area contributed by atoms with Crippen LogP contribution in [0.5, 0.6) is 0 Å². The van der Waals surface area contributed by atoms with Crippen molar-refractivity contribution in [3.05, 3.63) is 57.9 Å². The lowest BCUT2D eigenvalue weighted by molar-refractivity contribution is -0.384. The number of nitrogens with zero attached hydrogens (tertiary/aromatic N) is 2. The van der Waals surface area contributed by atoms with Crippen LogP contribution in [0.3, 0.4) is 0 Å². The van der Waals surface area contributed by atoms with Gasteiger partial charge in [0, 0.05) is 24.0 Å². The number of pyridine rings is 1. The monoisotopic (exact) mass is 320 g/mol. The molecule has 114 valence electrons. The molecule has 1 heterocycles. The molecule has 0 unspecified atom stereocenters. The Labute approximate surface area is 131 Å². The van der Waals surface area contributed by atoms with E-state index in [4.69, 9.17) is 11.6 Å². The minimum absolute atomic E-state index is 0.0482. The van der Waals surface area contributed by atoms with E-state index >= 15 is 0 Å². The Hall–Kier alpha value is -2.67. The Morgan fingerprint density at radius 1 is 1.36 bits per heavy atom. The number of aromatic nitrogens is 1. The zero-order valence-electron chi connectivity index (χ0n) is 11.6. The minimum atomic E-state index is -0.613. The van der Waals surface area contributed by atoms with Gasteiger partial charge in [-0.3, -0.25) is 14.9 Å². The van der Waals surface area contributed by atoms with E-state index < -0.39 is 11.0 Å². The number of nitro benzene ring substituents is 1. The van der Waals surface area contributed by atoms with Gasteiger partial charge in [0.25, 0.3) is 5.69 Å². The summed E-state index contributed by atoms with van der Waals surface area (Å²) in [6.45, 7) is 1.64. The smallest absolute Gasteiger partial charge is 0.271 e. The van der Waals surface area contributed by atoms with Crippen LogP contribution in [0.4, 0.5) is 17.1 Å². The lowest BCUT2D eigenvalue weighted by Gasteiger charge is -2.15. The first-order valence-corrected chi connectivity index (χ1v) is 6.77. The number of non-ortho nitro benzene ring substituents is 1. The molecule has 1 aromatic heterocycles. The molecule has 7 nitrogen and oxygen atoms in total. The van der Waals surface area contributed by atoms with Gasteiger partial charge < -0.3 is 10.6 Å². The highest BCUT2D eigenvalue weighted by Crippen LogP contribution is 2.20. The topological polar surface area (TPSA) is 97.2 Å². The number of halogens is 1. The van der Waals surface area contributed by atoms with Gasteiger partial charge in [0.1, 0.15) is 6.04 Å². The van der Waals surface area contributed by atoms with E-state index in [1.165, 1.54) is 18.3 Å². The van der Waals surface area contributed by atoms with E-state index in [0.29, 0.717) is 11.4 Å². The third-order valence-corrected chi connectivity index (χ3v) is 3.15. The summed E-state index contributed by atoms with van der Waals surface area (Å²) in [7, 11) is 0. The summed E-state index contributed by atoms with van der Waals surface area (Å²) < 4.78 is 0. The van der Waals surface area contributed by atoms with Crippen molar-refractivity contribution in [1.82, 2.24) is 4.98 Å². The molecule has 0 saturated heterocycles. The highest BCUT2D eigenvalue weighted by molar-refractivity contribution is 6.32. The van der Waals surface area contributed by atoms with Gasteiger partial charge in [-0.15, -0.1) is 0 Å². The summed E-state index contributed by atoms with van der Waals surface area (Å²) in [4.78, 5) is 26.2. The van der Waals surface area contributed by atoms with Gasteiger partial charge >= 0.3 is 0 Å². The van der Waals surface area contributed by atoms with Crippen molar-refractivity contribution >= 4 is 34.6 Å². The second kappa shape index (κ2) is 6.86. The molecule has 0 radical (unpaired) electrons. The first-order chi connectivity index (χ1) is 10.5. The van der Waals surface area contributed by atoms with Gasteiger partial charge in [0.05, 0.1) is 10.6 Å². The standard InChI is InChI=1S/C14H13ClN4O3/c1-9(14(20)18-12-6-3-7-16-13(12)15)17-10-4-2-5-11(8-10)19(21)22/h2-9,17H,1H3,(H,18,20)/t9-/m0/s1. The van der Waals surface area contributed by atoms with Crippen molar-refractivity contribution < 1.29 is 9.72 Å². The second-order valence-corrected chi connectivity index (χ2v) is 4.86. The van der Waals surface area contributed by atoms with Crippen LogP contribution in [0.1, 0.15) is 6.92 Å². The van der Waals surface area contributed by atoms with E-state index in [0.717, 1.165) is 0 Å². The Morgan fingerprint density at radius 3 is 2.82 bits per heavy atom. The van der Waals surface area contributed by atoms with Gasteiger partial charge in [0.2, 0.25) is 5.91 Å². The van der Waals surface area contributed by atoms with Crippen molar-refractivity contribution in [3.63, 3.8) is 0 Å². The predicted molar refractivity (Wildman–Crippen MR) is 84.1 cm³/mol. The highest BCUT2D eigenvalue weighted by Gasteiger charge is 2.15. The van der Waals surface area contributed by atoms with Gasteiger partial charge in [-0.25, -0.2) is 4.98 Å². The number of benzene rings is 1.